The molecule has 0 saturated heterocycles. The molecule has 1 rings (SSSR count). The van der Waals surface area contributed by atoms with E-state index >= 15 is 0 Å². The van der Waals surface area contributed by atoms with Gasteiger partial charge in [0.15, 0.2) is 0 Å². The normalized spacial score (nSPS) is 13.6. The van der Waals surface area contributed by atoms with Gasteiger partial charge in [0.05, 0.1) is 0 Å². The maximum atomic E-state index is 5.67. The summed E-state index contributed by atoms with van der Waals surface area (Å²) in [4.78, 5) is 0. The Balaban J connectivity index is 2.53. The van der Waals surface area contributed by atoms with E-state index in [9.17, 15) is 0 Å². The summed E-state index contributed by atoms with van der Waals surface area (Å²) in [5.41, 5.74) is 2.43. The van der Waals surface area contributed by atoms with Gasteiger partial charge in [-0.05, 0) is 38.5 Å². The molecule has 0 aliphatic heterocycles. The van der Waals surface area contributed by atoms with Crippen molar-refractivity contribution in [2.75, 3.05) is 13.7 Å². The van der Waals surface area contributed by atoms with Crippen molar-refractivity contribution in [1.29, 1.82) is 0 Å². The van der Waals surface area contributed by atoms with Gasteiger partial charge in [0.2, 0.25) is 0 Å². The monoisotopic (exact) mass is 220 g/mol. The lowest BCUT2D eigenvalue weighted by molar-refractivity contribution is 0.0834. The van der Waals surface area contributed by atoms with Crippen molar-refractivity contribution in [2.24, 2.45) is 0 Å². The highest BCUT2D eigenvalue weighted by molar-refractivity contribution is 5.26. The van der Waals surface area contributed by atoms with Crippen LogP contribution >= 0.6 is 0 Å². The molecule has 1 aromatic carbocycles. The molecule has 0 aliphatic carbocycles. The van der Waals surface area contributed by atoms with E-state index in [1.54, 1.807) is 7.11 Å². The molecule has 1 aromatic rings. The van der Waals surface area contributed by atoms with E-state index in [1.807, 2.05) is 44.2 Å². The van der Waals surface area contributed by atoms with Crippen LogP contribution in [0.4, 0.5) is 0 Å². The second-order valence-corrected chi connectivity index (χ2v) is 3.88. The number of aryl methyl sites for hydroxylation is 1. The van der Waals surface area contributed by atoms with Crippen molar-refractivity contribution in [3.63, 3.8) is 0 Å². The molecule has 1 atom stereocenters. The summed E-state index contributed by atoms with van der Waals surface area (Å²) in [6.07, 6.45) is 2.08. The maximum absolute atomic E-state index is 5.67. The molecular weight excluding hydrogens is 200 g/mol. The van der Waals surface area contributed by atoms with Crippen molar-refractivity contribution in [3.05, 3.63) is 41.5 Å². The number of methoxy groups -OCH3 is 1. The number of hydrogen-bond donors (Lipinski definition) is 0. The minimum atomic E-state index is 0.0336. The van der Waals surface area contributed by atoms with Gasteiger partial charge >= 0.3 is 0 Å². The molecule has 88 valence electrons. The average molecular weight is 220 g/mol. The van der Waals surface area contributed by atoms with Gasteiger partial charge in [0, 0.05) is 7.11 Å². The first-order valence-electron chi connectivity index (χ1n) is 5.52. The number of benzene rings is 1. The highest BCUT2D eigenvalue weighted by atomic mass is 16.5. The molecule has 0 aliphatic rings. The van der Waals surface area contributed by atoms with Gasteiger partial charge < -0.3 is 9.47 Å². The van der Waals surface area contributed by atoms with Crippen LogP contribution in [0, 0.1) is 6.92 Å². The van der Waals surface area contributed by atoms with E-state index in [-0.39, 0.29) is 6.10 Å². The quantitative estimate of drug-likeness (QED) is 0.708. The van der Waals surface area contributed by atoms with Crippen LogP contribution in [-0.2, 0) is 4.74 Å². The Kier molecular flexibility index (Phi) is 5.06. The fourth-order valence-electron chi connectivity index (χ4n) is 1.38. The Bertz CT molecular complexity index is 338. The molecule has 1 unspecified atom stereocenters. The first-order valence-corrected chi connectivity index (χ1v) is 5.52. The number of hydrogen-bond acceptors (Lipinski definition) is 2. The highest BCUT2D eigenvalue weighted by Crippen LogP contribution is 2.13. The molecule has 16 heavy (non-hydrogen) atoms. The summed E-state index contributed by atoms with van der Waals surface area (Å²) in [5, 5.41) is 0. The predicted octanol–water partition coefficient (Wildman–Crippen LogP) is 3.36. The Morgan fingerprint density at radius 3 is 2.44 bits per heavy atom. The van der Waals surface area contributed by atoms with Gasteiger partial charge in [-0.2, -0.15) is 0 Å². The van der Waals surface area contributed by atoms with Gasteiger partial charge in [-0.3, -0.25) is 0 Å². The van der Waals surface area contributed by atoms with Crippen LogP contribution in [0.1, 0.15) is 19.4 Å². The van der Waals surface area contributed by atoms with Crippen LogP contribution in [0.15, 0.2) is 35.9 Å². The Labute approximate surface area is 97.9 Å². The number of ether oxygens (including phenoxy) is 2. The van der Waals surface area contributed by atoms with Crippen molar-refractivity contribution < 1.29 is 9.47 Å². The lowest BCUT2D eigenvalue weighted by Gasteiger charge is -2.16. The zero-order valence-corrected chi connectivity index (χ0v) is 10.5. The van der Waals surface area contributed by atoms with Crippen LogP contribution < -0.4 is 4.74 Å². The van der Waals surface area contributed by atoms with E-state index < -0.39 is 0 Å². The molecule has 0 aromatic heterocycles. The van der Waals surface area contributed by atoms with Crippen LogP contribution in [0.3, 0.4) is 0 Å². The molecule has 0 radical (unpaired) electrons. The SMILES string of the molecule is C/C=C(\C)C(COc1ccc(C)cc1)OC. The first-order chi connectivity index (χ1) is 7.67. The molecule has 0 heterocycles. The largest absolute Gasteiger partial charge is 0.491 e. The minimum absolute atomic E-state index is 0.0336. The van der Waals surface area contributed by atoms with E-state index in [0.717, 1.165) is 5.75 Å². The topological polar surface area (TPSA) is 18.5 Å². The smallest absolute Gasteiger partial charge is 0.119 e. The molecule has 2 nitrogen and oxygen atoms in total. The zero-order valence-electron chi connectivity index (χ0n) is 10.5. The standard InChI is InChI=1S/C14H20O2/c1-5-12(3)14(15-4)10-16-13-8-6-11(2)7-9-13/h5-9,14H,10H2,1-4H3/b12-5+. The molecule has 2 heteroatoms. The van der Waals surface area contributed by atoms with E-state index in [2.05, 4.69) is 6.92 Å². The molecule has 0 saturated carbocycles. The predicted molar refractivity (Wildman–Crippen MR) is 66.9 cm³/mol. The number of rotatable bonds is 5. The summed E-state index contributed by atoms with van der Waals surface area (Å²) in [7, 11) is 1.70. The molecule has 0 bridgehead atoms. The van der Waals surface area contributed by atoms with Crippen molar-refractivity contribution >= 4 is 0 Å². The third-order valence-electron chi connectivity index (χ3n) is 2.67. The Morgan fingerprint density at radius 1 is 1.31 bits per heavy atom. The highest BCUT2D eigenvalue weighted by Gasteiger charge is 2.09. The zero-order chi connectivity index (χ0) is 12.0. The second-order valence-electron chi connectivity index (χ2n) is 3.88. The lowest BCUT2D eigenvalue weighted by atomic mass is 10.2. The van der Waals surface area contributed by atoms with Gasteiger partial charge in [0.1, 0.15) is 18.5 Å². The summed E-state index contributed by atoms with van der Waals surface area (Å²) in [5.74, 6) is 0.886. The van der Waals surface area contributed by atoms with Crippen molar-refractivity contribution in [3.8, 4) is 5.75 Å². The molecule has 0 spiro atoms. The minimum Gasteiger partial charge on any atom is -0.491 e. The van der Waals surface area contributed by atoms with Gasteiger partial charge in [0.25, 0.3) is 0 Å². The van der Waals surface area contributed by atoms with Gasteiger partial charge in [-0.25, -0.2) is 0 Å². The Morgan fingerprint density at radius 2 is 1.94 bits per heavy atom. The maximum Gasteiger partial charge on any atom is 0.119 e. The summed E-state index contributed by atoms with van der Waals surface area (Å²) < 4.78 is 11.0. The summed E-state index contributed by atoms with van der Waals surface area (Å²) in [6, 6.07) is 8.04. The van der Waals surface area contributed by atoms with Crippen LogP contribution in [0.25, 0.3) is 0 Å². The molecule has 0 N–H and O–H groups in total. The average Bonchev–Trinajstić information content (AvgIpc) is 2.31. The fraction of sp³-hybridized carbons (Fsp3) is 0.429. The van der Waals surface area contributed by atoms with Crippen LogP contribution in [0.5, 0.6) is 5.75 Å². The molecular formula is C14H20O2. The van der Waals surface area contributed by atoms with Crippen LogP contribution in [0.2, 0.25) is 0 Å². The summed E-state index contributed by atoms with van der Waals surface area (Å²) in [6.45, 7) is 6.67. The van der Waals surface area contributed by atoms with Crippen molar-refractivity contribution in [2.45, 2.75) is 26.9 Å². The van der Waals surface area contributed by atoms with Crippen LogP contribution in [-0.4, -0.2) is 19.8 Å². The molecule has 0 amide bonds. The number of allylic oxidation sites excluding steroid dienone is 1. The first kappa shape index (κ1) is 12.8. The second kappa shape index (κ2) is 6.33. The molecule has 0 fully saturated rings. The van der Waals surface area contributed by atoms with E-state index in [1.165, 1.54) is 11.1 Å². The van der Waals surface area contributed by atoms with E-state index in [4.69, 9.17) is 9.47 Å². The van der Waals surface area contributed by atoms with Crippen molar-refractivity contribution in [1.82, 2.24) is 0 Å². The fourth-order valence-corrected chi connectivity index (χ4v) is 1.38. The third-order valence-corrected chi connectivity index (χ3v) is 2.67. The van der Waals surface area contributed by atoms with E-state index in [0.29, 0.717) is 6.61 Å². The summed E-state index contributed by atoms with van der Waals surface area (Å²) >= 11 is 0. The van der Waals surface area contributed by atoms with Gasteiger partial charge in [-0.1, -0.05) is 23.8 Å². The third kappa shape index (κ3) is 3.70. The Hall–Kier alpha value is -1.28. The van der Waals surface area contributed by atoms with Gasteiger partial charge in [-0.15, -0.1) is 0 Å². The lowest BCUT2D eigenvalue weighted by Crippen LogP contribution is -2.21.